The number of rotatable bonds is 2. The Kier molecular flexibility index (Phi) is 3.07. The van der Waals surface area contributed by atoms with Crippen molar-refractivity contribution in [3.63, 3.8) is 0 Å². The largest absolute Gasteiger partial charge is 0.390 e. The van der Waals surface area contributed by atoms with E-state index >= 15 is 0 Å². The topological polar surface area (TPSA) is 47.6 Å². The van der Waals surface area contributed by atoms with E-state index in [1.54, 1.807) is 0 Å². The molecule has 15 heavy (non-hydrogen) atoms. The fourth-order valence-electron chi connectivity index (χ4n) is 1.50. The number of benzene rings is 1. The molecule has 0 amide bonds. The Morgan fingerprint density at radius 2 is 2.40 bits per heavy atom. The molecular weight excluding hydrogens is 256 g/mol. The van der Waals surface area contributed by atoms with E-state index in [9.17, 15) is 0 Å². The van der Waals surface area contributed by atoms with Crippen LogP contribution in [0, 0.1) is 6.92 Å². The minimum atomic E-state index is 0.0417. The molecule has 2 N–H and O–H groups in total. The second-order valence-corrected chi connectivity index (χ2v) is 4.52. The van der Waals surface area contributed by atoms with Crippen molar-refractivity contribution in [3.8, 4) is 0 Å². The molecule has 4 heteroatoms. The van der Waals surface area contributed by atoms with Crippen LogP contribution in [0.25, 0.3) is 0 Å². The maximum absolute atomic E-state index is 5.52. The first kappa shape index (κ1) is 10.6. The van der Waals surface area contributed by atoms with E-state index in [2.05, 4.69) is 46.2 Å². The van der Waals surface area contributed by atoms with E-state index in [-0.39, 0.29) is 6.10 Å². The Morgan fingerprint density at radius 3 is 3.00 bits per heavy atom. The van der Waals surface area contributed by atoms with Gasteiger partial charge in [-0.25, -0.2) is 0 Å². The summed E-state index contributed by atoms with van der Waals surface area (Å²) >= 11 is 3.50. The van der Waals surface area contributed by atoms with Crippen LogP contribution in [-0.4, -0.2) is 18.4 Å². The molecule has 0 aliphatic carbocycles. The zero-order valence-electron chi connectivity index (χ0n) is 8.53. The number of oxime groups is 1. The first-order chi connectivity index (χ1) is 7.20. The van der Waals surface area contributed by atoms with E-state index in [0.717, 1.165) is 22.2 Å². The minimum Gasteiger partial charge on any atom is -0.390 e. The van der Waals surface area contributed by atoms with Gasteiger partial charge in [-0.05, 0) is 18.6 Å². The molecule has 1 atom stereocenters. The molecule has 2 rings (SSSR count). The van der Waals surface area contributed by atoms with Crippen molar-refractivity contribution in [2.45, 2.75) is 19.4 Å². The Labute approximate surface area is 97.4 Å². The zero-order chi connectivity index (χ0) is 10.8. The number of hydrogen-bond acceptors (Lipinski definition) is 3. The molecule has 1 aromatic carbocycles. The first-order valence-corrected chi connectivity index (χ1v) is 5.69. The van der Waals surface area contributed by atoms with Crippen LogP contribution < -0.4 is 5.73 Å². The van der Waals surface area contributed by atoms with Gasteiger partial charge in [-0.15, -0.1) is 0 Å². The second-order valence-electron chi connectivity index (χ2n) is 3.67. The van der Waals surface area contributed by atoms with Crippen molar-refractivity contribution in [3.05, 3.63) is 33.8 Å². The fraction of sp³-hybridized carbons (Fsp3) is 0.364. The molecule has 0 saturated carbocycles. The Hall–Kier alpha value is -0.870. The summed E-state index contributed by atoms with van der Waals surface area (Å²) in [7, 11) is 0. The molecule has 1 heterocycles. The lowest BCUT2D eigenvalue weighted by molar-refractivity contribution is 0.0918. The van der Waals surface area contributed by atoms with Crippen LogP contribution in [0.3, 0.4) is 0 Å². The lowest BCUT2D eigenvalue weighted by Crippen LogP contribution is -2.20. The van der Waals surface area contributed by atoms with Gasteiger partial charge in [-0.3, -0.25) is 0 Å². The third-order valence-electron chi connectivity index (χ3n) is 2.50. The van der Waals surface area contributed by atoms with Crippen molar-refractivity contribution < 1.29 is 4.84 Å². The van der Waals surface area contributed by atoms with Crippen molar-refractivity contribution in [1.82, 2.24) is 0 Å². The average molecular weight is 269 g/mol. The molecule has 1 unspecified atom stereocenters. The zero-order valence-corrected chi connectivity index (χ0v) is 10.1. The van der Waals surface area contributed by atoms with Gasteiger partial charge in [0, 0.05) is 23.0 Å². The summed E-state index contributed by atoms with van der Waals surface area (Å²) in [5.41, 5.74) is 8.82. The van der Waals surface area contributed by atoms with Crippen molar-refractivity contribution in [2.24, 2.45) is 10.9 Å². The molecule has 1 aliphatic rings. The molecule has 0 aromatic heterocycles. The fourth-order valence-corrected chi connectivity index (χ4v) is 1.88. The van der Waals surface area contributed by atoms with E-state index in [0.29, 0.717) is 6.54 Å². The van der Waals surface area contributed by atoms with Gasteiger partial charge in [-0.1, -0.05) is 33.2 Å². The first-order valence-electron chi connectivity index (χ1n) is 4.90. The van der Waals surface area contributed by atoms with Gasteiger partial charge in [-0.2, -0.15) is 0 Å². The monoisotopic (exact) mass is 268 g/mol. The third-order valence-corrected chi connectivity index (χ3v) is 3.36. The van der Waals surface area contributed by atoms with Crippen LogP contribution in [-0.2, 0) is 4.84 Å². The number of nitrogens with two attached hydrogens (primary N) is 1. The third kappa shape index (κ3) is 2.21. The van der Waals surface area contributed by atoms with Crippen LogP contribution in [0.5, 0.6) is 0 Å². The summed E-state index contributed by atoms with van der Waals surface area (Å²) in [6, 6.07) is 6.19. The molecule has 0 spiro atoms. The van der Waals surface area contributed by atoms with Crippen LogP contribution in [0.15, 0.2) is 27.8 Å². The Morgan fingerprint density at radius 1 is 1.60 bits per heavy atom. The number of hydrogen-bond donors (Lipinski definition) is 1. The normalized spacial score (nSPS) is 19.9. The summed E-state index contributed by atoms with van der Waals surface area (Å²) in [6.45, 7) is 2.57. The van der Waals surface area contributed by atoms with Gasteiger partial charge in [0.25, 0.3) is 0 Å². The highest BCUT2D eigenvalue weighted by Gasteiger charge is 2.20. The average Bonchev–Trinajstić information content (AvgIpc) is 2.70. The van der Waals surface area contributed by atoms with Crippen LogP contribution >= 0.6 is 15.9 Å². The van der Waals surface area contributed by atoms with E-state index in [4.69, 9.17) is 10.6 Å². The number of nitrogens with zero attached hydrogens (tertiary/aromatic N) is 1. The van der Waals surface area contributed by atoms with Crippen LogP contribution in [0.4, 0.5) is 0 Å². The summed E-state index contributed by atoms with van der Waals surface area (Å²) in [6.07, 6.45) is 0.839. The molecule has 0 fully saturated rings. The van der Waals surface area contributed by atoms with Crippen LogP contribution in [0.2, 0.25) is 0 Å². The molecule has 1 aromatic rings. The molecular formula is C11H13BrN2O. The quantitative estimate of drug-likeness (QED) is 0.894. The van der Waals surface area contributed by atoms with E-state index < -0.39 is 0 Å². The number of aryl methyl sites for hydroxylation is 1. The predicted octanol–water partition coefficient (Wildman–Crippen LogP) is 2.21. The summed E-state index contributed by atoms with van der Waals surface area (Å²) < 4.78 is 1.10. The van der Waals surface area contributed by atoms with Gasteiger partial charge in [0.1, 0.15) is 6.10 Å². The van der Waals surface area contributed by atoms with Crippen molar-refractivity contribution in [2.75, 3.05) is 6.54 Å². The van der Waals surface area contributed by atoms with E-state index in [1.807, 2.05) is 0 Å². The Bertz CT molecular complexity index is 404. The highest BCUT2D eigenvalue weighted by atomic mass is 79.9. The molecule has 3 nitrogen and oxygen atoms in total. The van der Waals surface area contributed by atoms with Gasteiger partial charge >= 0.3 is 0 Å². The lowest BCUT2D eigenvalue weighted by atomic mass is 10.0. The Balaban J connectivity index is 2.21. The minimum absolute atomic E-state index is 0.0417. The molecule has 1 aliphatic heterocycles. The van der Waals surface area contributed by atoms with E-state index in [1.165, 1.54) is 5.56 Å². The van der Waals surface area contributed by atoms with Gasteiger partial charge < -0.3 is 10.6 Å². The van der Waals surface area contributed by atoms with Gasteiger partial charge in [0.2, 0.25) is 0 Å². The van der Waals surface area contributed by atoms with Crippen LogP contribution in [0.1, 0.15) is 17.5 Å². The highest BCUT2D eigenvalue weighted by Crippen LogP contribution is 2.21. The molecule has 80 valence electrons. The maximum Gasteiger partial charge on any atom is 0.145 e. The molecule has 0 saturated heterocycles. The van der Waals surface area contributed by atoms with Crippen molar-refractivity contribution >= 4 is 21.6 Å². The predicted molar refractivity (Wildman–Crippen MR) is 64.0 cm³/mol. The summed E-state index contributed by atoms with van der Waals surface area (Å²) in [5, 5.41) is 4.04. The lowest BCUT2D eigenvalue weighted by Gasteiger charge is -2.03. The molecule has 0 bridgehead atoms. The van der Waals surface area contributed by atoms with Gasteiger partial charge in [0.05, 0.1) is 5.71 Å². The number of halogens is 1. The van der Waals surface area contributed by atoms with Gasteiger partial charge in [0.15, 0.2) is 0 Å². The molecule has 0 radical (unpaired) electrons. The SMILES string of the molecule is Cc1ccc(C2=NOC(CN)C2)cc1Br. The smallest absolute Gasteiger partial charge is 0.145 e. The maximum atomic E-state index is 5.52. The second kappa shape index (κ2) is 4.33. The standard InChI is InChI=1S/C11H13BrN2O/c1-7-2-3-8(4-10(7)12)11-5-9(6-13)15-14-11/h2-4,9H,5-6,13H2,1H3. The summed E-state index contributed by atoms with van der Waals surface area (Å²) in [4.78, 5) is 5.19. The summed E-state index contributed by atoms with van der Waals surface area (Å²) in [5.74, 6) is 0. The highest BCUT2D eigenvalue weighted by molar-refractivity contribution is 9.10. The van der Waals surface area contributed by atoms with Crippen molar-refractivity contribution in [1.29, 1.82) is 0 Å².